The molecule has 0 heterocycles. The molecule has 0 saturated carbocycles. The molecule has 1 aromatic rings. The van der Waals surface area contributed by atoms with Crippen molar-refractivity contribution in [1.29, 1.82) is 0 Å². The average molecular weight is 264 g/mol. The highest BCUT2D eigenvalue weighted by Crippen LogP contribution is 2.27. The molecule has 1 atom stereocenters. The molecule has 1 rings (SSSR count). The van der Waals surface area contributed by atoms with Gasteiger partial charge in [-0.2, -0.15) is 0 Å². The molecule has 0 radical (unpaired) electrons. The van der Waals surface area contributed by atoms with Crippen LogP contribution in [0.4, 0.5) is 11.4 Å². The Labute approximate surface area is 115 Å². The molecule has 106 valence electrons. The van der Waals surface area contributed by atoms with Gasteiger partial charge in [-0.1, -0.05) is 26.8 Å². The maximum atomic E-state index is 11.9. The van der Waals surface area contributed by atoms with E-state index in [4.69, 9.17) is 10.5 Å². The lowest BCUT2D eigenvalue weighted by molar-refractivity contribution is 0.0527. The number of anilines is 2. The lowest BCUT2D eigenvalue weighted by atomic mass is 10.0. The number of carbonyl (C=O) groups is 1. The molecule has 0 saturated heterocycles. The lowest BCUT2D eigenvalue weighted by Gasteiger charge is -2.24. The first kappa shape index (κ1) is 15.3. The number of para-hydroxylation sites is 1. The Bertz CT molecular complexity index is 430. The molecule has 0 bridgehead atoms. The molecule has 4 heteroatoms. The topological polar surface area (TPSA) is 64.3 Å². The van der Waals surface area contributed by atoms with E-state index in [9.17, 15) is 4.79 Å². The number of nitrogens with one attached hydrogen (secondary N) is 1. The van der Waals surface area contributed by atoms with E-state index in [2.05, 4.69) is 26.1 Å². The largest absolute Gasteiger partial charge is 0.462 e. The van der Waals surface area contributed by atoms with Crippen molar-refractivity contribution < 1.29 is 9.53 Å². The minimum absolute atomic E-state index is 0.276. The number of carbonyl (C=O) groups excluding carboxylic acids is 1. The van der Waals surface area contributed by atoms with Crippen molar-refractivity contribution in [2.24, 2.45) is 5.92 Å². The van der Waals surface area contributed by atoms with E-state index >= 15 is 0 Å². The number of hydrogen-bond acceptors (Lipinski definition) is 4. The SMILES string of the molecule is CCOC(=O)c1cccc(N)c1NC(CC)C(C)C. The van der Waals surface area contributed by atoms with Gasteiger partial charge in [0.2, 0.25) is 0 Å². The van der Waals surface area contributed by atoms with Gasteiger partial charge >= 0.3 is 5.97 Å². The zero-order valence-electron chi connectivity index (χ0n) is 12.2. The van der Waals surface area contributed by atoms with Gasteiger partial charge in [-0.05, 0) is 31.4 Å². The fraction of sp³-hybridized carbons (Fsp3) is 0.533. The molecule has 1 unspecified atom stereocenters. The summed E-state index contributed by atoms with van der Waals surface area (Å²) in [5, 5.41) is 3.38. The molecule has 0 aromatic heterocycles. The van der Waals surface area contributed by atoms with E-state index in [1.807, 2.05) is 0 Å². The number of nitrogens with two attached hydrogens (primary N) is 1. The monoisotopic (exact) mass is 264 g/mol. The van der Waals surface area contributed by atoms with Crippen LogP contribution in [0.15, 0.2) is 18.2 Å². The summed E-state index contributed by atoms with van der Waals surface area (Å²) in [5.74, 6) is 0.121. The Hall–Kier alpha value is -1.71. The van der Waals surface area contributed by atoms with Gasteiger partial charge < -0.3 is 15.8 Å². The Morgan fingerprint density at radius 3 is 2.58 bits per heavy atom. The molecule has 4 nitrogen and oxygen atoms in total. The summed E-state index contributed by atoms with van der Waals surface area (Å²) >= 11 is 0. The fourth-order valence-electron chi connectivity index (χ4n) is 2.04. The maximum absolute atomic E-state index is 11.9. The molecule has 0 spiro atoms. The van der Waals surface area contributed by atoms with Gasteiger partial charge in [-0.25, -0.2) is 4.79 Å². The second kappa shape index (κ2) is 7.02. The first-order chi connectivity index (χ1) is 9.01. The zero-order valence-corrected chi connectivity index (χ0v) is 12.2. The number of esters is 1. The van der Waals surface area contributed by atoms with Crippen molar-refractivity contribution in [3.63, 3.8) is 0 Å². The van der Waals surface area contributed by atoms with Crippen LogP contribution < -0.4 is 11.1 Å². The highest BCUT2D eigenvalue weighted by molar-refractivity contribution is 5.98. The van der Waals surface area contributed by atoms with Crippen LogP contribution >= 0.6 is 0 Å². The standard InChI is InChI=1S/C15H24N2O2/c1-5-13(10(3)4)17-14-11(15(18)19-6-2)8-7-9-12(14)16/h7-10,13,17H,5-6,16H2,1-4H3. The highest BCUT2D eigenvalue weighted by atomic mass is 16.5. The normalized spacial score (nSPS) is 12.3. The summed E-state index contributed by atoms with van der Waals surface area (Å²) in [7, 11) is 0. The van der Waals surface area contributed by atoms with E-state index in [-0.39, 0.29) is 12.0 Å². The van der Waals surface area contributed by atoms with Gasteiger partial charge in [-0.15, -0.1) is 0 Å². The van der Waals surface area contributed by atoms with Gasteiger partial charge in [0.1, 0.15) is 0 Å². The predicted molar refractivity (Wildman–Crippen MR) is 79.4 cm³/mol. The molecule has 0 amide bonds. The third kappa shape index (κ3) is 3.88. The average Bonchev–Trinajstić information content (AvgIpc) is 2.36. The van der Waals surface area contributed by atoms with Crippen molar-refractivity contribution in [3.05, 3.63) is 23.8 Å². The van der Waals surface area contributed by atoms with Crippen molar-refractivity contribution in [1.82, 2.24) is 0 Å². The van der Waals surface area contributed by atoms with Crippen LogP contribution in [0.5, 0.6) is 0 Å². The van der Waals surface area contributed by atoms with E-state index in [1.54, 1.807) is 25.1 Å². The molecule has 0 fully saturated rings. The third-order valence-electron chi connectivity index (χ3n) is 3.17. The molecule has 0 aliphatic rings. The smallest absolute Gasteiger partial charge is 0.340 e. The zero-order chi connectivity index (χ0) is 14.4. The van der Waals surface area contributed by atoms with E-state index < -0.39 is 0 Å². The maximum Gasteiger partial charge on any atom is 0.340 e. The molecule has 3 N–H and O–H groups in total. The van der Waals surface area contributed by atoms with Gasteiger partial charge in [0, 0.05) is 6.04 Å². The molecular weight excluding hydrogens is 240 g/mol. The van der Waals surface area contributed by atoms with Gasteiger partial charge in [-0.3, -0.25) is 0 Å². The van der Waals surface area contributed by atoms with Gasteiger partial charge in [0.25, 0.3) is 0 Å². The van der Waals surface area contributed by atoms with E-state index in [1.165, 1.54) is 0 Å². The van der Waals surface area contributed by atoms with Crippen LogP contribution in [0.25, 0.3) is 0 Å². The van der Waals surface area contributed by atoms with Crippen LogP contribution in [-0.2, 0) is 4.74 Å². The van der Waals surface area contributed by atoms with E-state index in [0.29, 0.717) is 29.5 Å². The number of benzene rings is 1. The summed E-state index contributed by atoms with van der Waals surface area (Å²) < 4.78 is 5.06. The molecular formula is C15H24N2O2. The number of ether oxygens (including phenoxy) is 1. The number of rotatable bonds is 6. The Morgan fingerprint density at radius 2 is 2.05 bits per heavy atom. The van der Waals surface area contributed by atoms with Crippen molar-refractivity contribution in [2.75, 3.05) is 17.7 Å². The molecule has 0 aliphatic heterocycles. The summed E-state index contributed by atoms with van der Waals surface area (Å²) in [6, 6.07) is 5.57. The summed E-state index contributed by atoms with van der Waals surface area (Å²) in [5.41, 5.74) is 7.74. The van der Waals surface area contributed by atoms with Crippen molar-refractivity contribution in [3.8, 4) is 0 Å². The molecule has 0 aliphatic carbocycles. The number of hydrogen-bond donors (Lipinski definition) is 2. The minimum Gasteiger partial charge on any atom is -0.462 e. The second-order valence-corrected chi connectivity index (χ2v) is 4.89. The first-order valence-corrected chi connectivity index (χ1v) is 6.83. The van der Waals surface area contributed by atoms with Crippen molar-refractivity contribution in [2.45, 2.75) is 40.2 Å². The van der Waals surface area contributed by atoms with E-state index in [0.717, 1.165) is 6.42 Å². The van der Waals surface area contributed by atoms with Crippen LogP contribution in [-0.4, -0.2) is 18.6 Å². The summed E-state index contributed by atoms with van der Waals surface area (Å²) in [6.07, 6.45) is 0.967. The number of nitrogen functional groups attached to an aromatic ring is 1. The second-order valence-electron chi connectivity index (χ2n) is 4.89. The summed E-state index contributed by atoms with van der Waals surface area (Å²) in [6.45, 7) is 8.55. The molecule has 1 aromatic carbocycles. The minimum atomic E-state index is -0.337. The molecule has 19 heavy (non-hydrogen) atoms. The Morgan fingerprint density at radius 1 is 1.37 bits per heavy atom. The Kier molecular flexibility index (Phi) is 5.67. The highest BCUT2D eigenvalue weighted by Gasteiger charge is 2.18. The lowest BCUT2D eigenvalue weighted by Crippen LogP contribution is -2.26. The van der Waals surface area contributed by atoms with Gasteiger partial charge in [0.05, 0.1) is 23.5 Å². The van der Waals surface area contributed by atoms with Crippen LogP contribution in [0, 0.1) is 5.92 Å². The third-order valence-corrected chi connectivity index (χ3v) is 3.17. The fourth-order valence-corrected chi connectivity index (χ4v) is 2.04. The van der Waals surface area contributed by atoms with Crippen LogP contribution in [0.1, 0.15) is 44.5 Å². The van der Waals surface area contributed by atoms with Crippen LogP contribution in [0.3, 0.4) is 0 Å². The van der Waals surface area contributed by atoms with Gasteiger partial charge in [0.15, 0.2) is 0 Å². The van der Waals surface area contributed by atoms with Crippen LogP contribution in [0.2, 0.25) is 0 Å². The first-order valence-electron chi connectivity index (χ1n) is 6.83. The Balaban J connectivity index is 3.07. The predicted octanol–water partition coefficient (Wildman–Crippen LogP) is 3.29. The van der Waals surface area contributed by atoms with Crippen molar-refractivity contribution >= 4 is 17.3 Å². The quantitative estimate of drug-likeness (QED) is 0.611. The summed E-state index contributed by atoms with van der Waals surface area (Å²) in [4.78, 5) is 11.9.